The van der Waals surface area contributed by atoms with Crippen molar-refractivity contribution < 1.29 is 13.9 Å². The van der Waals surface area contributed by atoms with Crippen LogP contribution in [0.1, 0.15) is 86.2 Å². The number of esters is 1. The van der Waals surface area contributed by atoms with Crippen LogP contribution in [0.4, 0.5) is 10.1 Å². The molecule has 0 bridgehead atoms. The number of anilines is 1. The third-order valence-electron chi connectivity index (χ3n) is 7.24. The van der Waals surface area contributed by atoms with E-state index in [2.05, 4.69) is 10.3 Å². The normalized spacial score (nSPS) is 17.1. The average molecular weight is 515 g/mol. The first-order chi connectivity index (χ1) is 17.5. The molecule has 0 spiro atoms. The molecule has 1 N–H and O–H groups in total. The van der Waals surface area contributed by atoms with Crippen molar-refractivity contribution >= 4 is 33.9 Å². The summed E-state index contributed by atoms with van der Waals surface area (Å²) >= 11 is 1.18. The minimum absolute atomic E-state index is 0.0498. The van der Waals surface area contributed by atoms with Crippen molar-refractivity contribution in [3.8, 4) is 0 Å². The number of hydrogen-bond donors (Lipinski definition) is 1. The van der Waals surface area contributed by atoms with Gasteiger partial charge in [-0.15, -0.1) is 11.3 Å². The lowest BCUT2D eigenvalue weighted by atomic mass is 9.95. The molecule has 8 nitrogen and oxygen atoms in total. The lowest BCUT2D eigenvalue weighted by Crippen LogP contribution is -2.41. The molecule has 0 radical (unpaired) electrons. The molecule has 2 aliphatic rings. The highest BCUT2D eigenvalue weighted by molar-refractivity contribution is 7.09. The van der Waals surface area contributed by atoms with Crippen molar-refractivity contribution in [2.24, 2.45) is 0 Å². The third-order valence-corrected chi connectivity index (χ3v) is 8.08. The van der Waals surface area contributed by atoms with Crippen LogP contribution in [0.25, 0.3) is 10.9 Å². The van der Waals surface area contributed by atoms with E-state index in [1.807, 2.05) is 0 Å². The second-order valence-electron chi connectivity index (χ2n) is 9.66. The van der Waals surface area contributed by atoms with Crippen molar-refractivity contribution in [3.63, 3.8) is 0 Å². The molecule has 0 amide bonds. The van der Waals surface area contributed by atoms with Gasteiger partial charge >= 0.3 is 11.7 Å². The molecule has 2 aliphatic carbocycles. The number of halogens is 1. The summed E-state index contributed by atoms with van der Waals surface area (Å²) in [6.07, 6.45) is 9.05. The number of nitrogens with zero attached hydrogens (tertiary/aromatic N) is 3. The van der Waals surface area contributed by atoms with Crippen LogP contribution < -0.4 is 16.6 Å². The van der Waals surface area contributed by atoms with Gasteiger partial charge in [-0.3, -0.25) is 13.9 Å². The summed E-state index contributed by atoms with van der Waals surface area (Å²) in [6.45, 7) is 1.85. The second kappa shape index (κ2) is 10.5. The lowest BCUT2D eigenvalue weighted by Gasteiger charge is -2.25. The highest BCUT2D eigenvalue weighted by Crippen LogP contribution is 2.32. The monoisotopic (exact) mass is 514 g/mol. The fourth-order valence-electron chi connectivity index (χ4n) is 5.45. The van der Waals surface area contributed by atoms with Gasteiger partial charge in [0.2, 0.25) is 0 Å². The van der Waals surface area contributed by atoms with E-state index in [0.717, 1.165) is 55.9 Å². The second-order valence-corrected chi connectivity index (χ2v) is 10.6. The minimum atomic E-state index is -0.555. The van der Waals surface area contributed by atoms with Gasteiger partial charge in [0.05, 0.1) is 29.7 Å². The Hall–Kier alpha value is -3.01. The maximum atomic E-state index is 15.2. The van der Waals surface area contributed by atoms with Crippen molar-refractivity contribution in [3.05, 3.63) is 54.9 Å². The predicted molar refractivity (Wildman–Crippen MR) is 138 cm³/mol. The highest BCUT2D eigenvalue weighted by Gasteiger charge is 2.25. The number of hydrogen-bond acceptors (Lipinski definition) is 7. The van der Waals surface area contributed by atoms with E-state index < -0.39 is 23.0 Å². The van der Waals surface area contributed by atoms with E-state index >= 15 is 4.39 Å². The molecule has 0 saturated heterocycles. The number of carbonyl (C=O) groups is 1. The first-order valence-electron chi connectivity index (χ1n) is 12.8. The SMILES string of the molecule is CCOC(=O)c1csc(Cn2c(=O)c3cc(F)c(NC4CCCCC4)cc3n(C3CCCC3)c2=O)n1. The van der Waals surface area contributed by atoms with Crippen molar-refractivity contribution in [1.29, 1.82) is 0 Å². The van der Waals surface area contributed by atoms with E-state index in [0.29, 0.717) is 16.2 Å². The minimum Gasteiger partial charge on any atom is -0.461 e. The molecule has 36 heavy (non-hydrogen) atoms. The number of ether oxygens (including phenoxy) is 1. The first-order valence-corrected chi connectivity index (χ1v) is 13.7. The molecule has 0 unspecified atom stereocenters. The van der Waals surface area contributed by atoms with Crippen LogP contribution in [0.3, 0.4) is 0 Å². The third kappa shape index (κ3) is 4.83. The standard InChI is InChI=1S/C26H31FN4O4S/c1-2-35-25(33)21-15-36-23(29-21)14-30-24(32)18-12-19(27)20(28-16-8-4-3-5-9-16)13-22(18)31(26(30)34)17-10-6-7-11-17/h12-13,15-17,28H,2-11,14H2,1H3. The van der Waals surface area contributed by atoms with E-state index in [9.17, 15) is 14.4 Å². The van der Waals surface area contributed by atoms with Crippen molar-refractivity contribution in [2.45, 2.75) is 83.3 Å². The molecule has 192 valence electrons. The Bertz CT molecular complexity index is 1380. The zero-order valence-corrected chi connectivity index (χ0v) is 21.2. The quantitative estimate of drug-likeness (QED) is 0.453. The molecule has 2 fully saturated rings. The summed E-state index contributed by atoms with van der Waals surface area (Å²) in [5, 5.41) is 5.49. The molecule has 1 aromatic carbocycles. The Morgan fingerprint density at radius 3 is 2.58 bits per heavy atom. The van der Waals surface area contributed by atoms with Gasteiger partial charge in [-0.2, -0.15) is 0 Å². The highest BCUT2D eigenvalue weighted by atomic mass is 32.1. The fraction of sp³-hybridized carbons (Fsp3) is 0.538. The lowest BCUT2D eigenvalue weighted by molar-refractivity contribution is 0.0520. The molecule has 2 aromatic heterocycles. The maximum absolute atomic E-state index is 15.2. The van der Waals surface area contributed by atoms with E-state index in [1.165, 1.54) is 23.8 Å². The number of rotatable bonds is 7. The summed E-state index contributed by atoms with van der Waals surface area (Å²) in [5.41, 5.74) is -0.0232. The van der Waals surface area contributed by atoms with Gasteiger partial charge in [-0.1, -0.05) is 32.1 Å². The summed E-state index contributed by atoms with van der Waals surface area (Å²) in [5.74, 6) is -1.04. The van der Waals surface area contributed by atoms with Crippen molar-refractivity contribution in [1.82, 2.24) is 14.1 Å². The molecule has 3 aromatic rings. The molecular formula is C26H31FN4O4S. The van der Waals surface area contributed by atoms with Gasteiger partial charge < -0.3 is 10.1 Å². The maximum Gasteiger partial charge on any atom is 0.357 e. The van der Waals surface area contributed by atoms with E-state index in [1.54, 1.807) is 22.9 Å². The van der Waals surface area contributed by atoms with Gasteiger partial charge in [0, 0.05) is 17.5 Å². The number of fused-ring (bicyclic) bond motifs is 1. The average Bonchev–Trinajstić information content (AvgIpc) is 3.57. The zero-order chi connectivity index (χ0) is 25.2. The van der Waals surface area contributed by atoms with Gasteiger partial charge in [-0.05, 0) is 44.7 Å². The predicted octanol–water partition coefficient (Wildman–Crippen LogP) is 4.84. The van der Waals surface area contributed by atoms with Gasteiger partial charge in [0.15, 0.2) is 5.69 Å². The Balaban J connectivity index is 1.59. The largest absolute Gasteiger partial charge is 0.461 e. The van der Waals surface area contributed by atoms with E-state index in [-0.39, 0.29) is 36.3 Å². The number of benzene rings is 1. The Labute approximate surface area is 212 Å². The molecule has 10 heteroatoms. The summed E-state index contributed by atoms with van der Waals surface area (Å²) in [7, 11) is 0. The van der Waals surface area contributed by atoms with E-state index in [4.69, 9.17) is 4.74 Å². The molecule has 2 heterocycles. The number of nitrogens with one attached hydrogen (secondary N) is 1. The Morgan fingerprint density at radius 1 is 1.14 bits per heavy atom. The van der Waals surface area contributed by atoms with Crippen molar-refractivity contribution in [2.75, 3.05) is 11.9 Å². The molecule has 0 atom stereocenters. The Morgan fingerprint density at radius 2 is 1.86 bits per heavy atom. The fourth-order valence-corrected chi connectivity index (χ4v) is 6.20. The van der Waals surface area contributed by atoms with Crippen LogP contribution in [0.15, 0.2) is 27.1 Å². The molecular weight excluding hydrogens is 483 g/mol. The van der Waals surface area contributed by atoms with Crippen LogP contribution in [0.2, 0.25) is 0 Å². The van der Waals surface area contributed by atoms with Gasteiger partial charge in [0.1, 0.15) is 10.8 Å². The molecule has 0 aliphatic heterocycles. The Kier molecular flexibility index (Phi) is 7.22. The zero-order valence-electron chi connectivity index (χ0n) is 20.4. The van der Waals surface area contributed by atoms with Crippen LogP contribution in [-0.4, -0.2) is 32.7 Å². The molecule has 5 rings (SSSR count). The number of carbonyl (C=O) groups excluding carboxylic acids is 1. The van der Waals surface area contributed by atoms with Crippen LogP contribution in [0, 0.1) is 5.82 Å². The summed E-state index contributed by atoms with van der Waals surface area (Å²) in [4.78, 5) is 43.4. The van der Waals surface area contributed by atoms with Gasteiger partial charge in [0.25, 0.3) is 5.56 Å². The number of thiazole rings is 1. The summed E-state index contributed by atoms with van der Waals surface area (Å²) in [6, 6.07) is 3.05. The van der Waals surface area contributed by atoms with Crippen LogP contribution in [0.5, 0.6) is 0 Å². The first kappa shape index (κ1) is 24.7. The van der Waals surface area contributed by atoms with Gasteiger partial charge in [-0.25, -0.2) is 19.0 Å². The smallest absolute Gasteiger partial charge is 0.357 e. The molecule has 2 saturated carbocycles. The van der Waals surface area contributed by atoms with Crippen LogP contribution >= 0.6 is 11.3 Å². The number of aromatic nitrogens is 3. The van der Waals surface area contributed by atoms with Crippen LogP contribution in [-0.2, 0) is 11.3 Å². The summed E-state index contributed by atoms with van der Waals surface area (Å²) < 4.78 is 23.0. The topological polar surface area (TPSA) is 95.2 Å².